The van der Waals surface area contributed by atoms with E-state index in [0.29, 0.717) is 12.2 Å². The molecule has 0 atom stereocenters. The van der Waals surface area contributed by atoms with Gasteiger partial charge < -0.3 is 10.1 Å². The predicted molar refractivity (Wildman–Crippen MR) is 112 cm³/mol. The summed E-state index contributed by atoms with van der Waals surface area (Å²) in [6.07, 6.45) is 1.99. The number of ether oxygens (including phenoxy) is 1. The van der Waals surface area contributed by atoms with E-state index in [4.69, 9.17) is 9.84 Å². The molecule has 0 radical (unpaired) electrons. The Labute approximate surface area is 166 Å². The first-order valence-corrected chi connectivity index (χ1v) is 9.63. The van der Waals surface area contributed by atoms with E-state index in [1.807, 2.05) is 44.2 Å². The van der Waals surface area contributed by atoms with Crippen molar-refractivity contribution in [3.63, 3.8) is 0 Å². The normalized spacial score (nSPS) is 10.7. The Bertz CT molecular complexity index is 958. The largest absolute Gasteiger partial charge is 0.497 e. The van der Waals surface area contributed by atoms with Crippen molar-refractivity contribution in [3.8, 4) is 22.7 Å². The van der Waals surface area contributed by atoms with Crippen molar-refractivity contribution >= 4 is 5.91 Å². The molecule has 0 saturated carbocycles. The van der Waals surface area contributed by atoms with Gasteiger partial charge >= 0.3 is 0 Å². The molecule has 0 aliphatic carbocycles. The fourth-order valence-corrected chi connectivity index (χ4v) is 3.05. The van der Waals surface area contributed by atoms with Gasteiger partial charge in [-0.1, -0.05) is 25.5 Å². The number of benzene rings is 2. The lowest BCUT2D eigenvalue weighted by Crippen LogP contribution is -2.26. The van der Waals surface area contributed by atoms with E-state index >= 15 is 0 Å². The number of aryl methyl sites for hydroxylation is 2. The van der Waals surface area contributed by atoms with Crippen LogP contribution in [0.25, 0.3) is 16.9 Å². The van der Waals surface area contributed by atoms with E-state index in [9.17, 15) is 4.79 Å². The fraction of sp³-hybridized carbons (Fsp3) is 0.304. The highest BCUT2D eigenvalue weighted by Crippen LogP contribution is 2.25. The number of aromatic nitrogens is 2. The summed E-state index contributed by atoms with van der Waals surface area (Å²) in [5.41, 5.74) is 5.34. The SMILES string of the molecule is CCCCNC(=O)c1cc(-c2ccc(OC)cc2)nn1-c1cc(C)ccc1C. The molecular weight excluding hydrogens is 350 g/mol. The monoisotopic (exact) mass is 377 g/mol. The molecule has 0 unspecified atom stereocenters. The first-order valence-electron chi connectivity index (χ1n) is 9.63. The van der Waals surface area contributed by atoms with Gasteiger partial charge in [-0.3, -0.25) is 4.79 Å². The van der Waals surface area contributed by atoms with Crippen LogP contribution in [0.4, 0.5) is 0 Å². The lowest BCUT2D eigenvalue weighted by atomic mass is 10.1. The number of unbranched alkanes of at least 4 members (excludes halogenated alkanes) is 1. The van der Waals surface area contributed by atoms with E-state index in [1.165, 1.54) is 0 Å². The first kappa shape index (κ1) is 19.7. The van der Waals surface area contributed by atoms with Crippen LogP contribution in [-0.2, 0) is 0 Å². The summed E-state index contributed by atoms with van der Waals surface area (Å²) in [6, 6.07) is 15.7. The molecule has 1 heterocycles. The third-order valence-corrected chi connectivity index (χ3v) is 4.74. The average molecular weight is 377 g/mol. The number of hydrogen-bond donors (Lipinski definition) is 1. The number of hydrogen-bond acceptors (Lipinski definition) is 3. The van der Waals surface area contributed by atoms with Crippen molar-refractivity contribution < 1.29 is 9.53 Å². The predicted octanol–water partition coefficient (Wildman–Crippen LogP) is 4.69. The molecule has 1 amide bonds. The summed E-state index contributed by atoms with van der Waals surface area (Å²) in [4.78, 5) is 12.9. The van der Waals surface area contributed by atoms with Crippen LogP contribution in [0.3, 0.4) is 0 Å². The lowest BCUT2D eigenvalue weighted by Gasteiger charge is -2.11. The molecule has 0 bridgehead atoms. The van der Waals surface area contributed by atoms with Crippen LogP contribution in [0.1, 0.15) is 41.4 Å². The summed E-state index contributed by atoms with van der Waals surface area (Å²) in [5.74, 6) is 0.678. The molecule has 0 saturated heterocycles. The molecule has 5 heteroatoms. The highest BCUT2D eigenvalue weighted by atomic mass is 16.5. The Morgan fingerprint density at radius 1 is 1.11 bits per heavy atom. The molecule has 0 aliphatic rings. The van der Waals surface area contributed by atoms with Gasteiger partial charge in [0.15, 0.2) is 0 Å². The average Bonchev–Trinajstić information content (AvgIpc) is 3.15. The number of nitrogens with one attached hydrogen (secondary N) is 1. The van der Waals surface area contributed by atoms with Crippen LogP contribution >= 0.6 is 0 Å². The third kappa shape index (κ3) is 4.25. The van der Waals surface area contributed by atoms with Gasteiger partial charge in [0, 0.05) is 12.1 Å². The fourth-order valence-electron chi connectivity index (χ4n) is 3.05. The van der Waals surface area contributed by atoms with E-state index in [0.717, 1.165) is 46.7 Å². The van der Waals surface area contributed by atoms with Crippen molar-refractivity contribution in [2.45, 2.75) is 33.6 Å². The minimum absolute atomic E-state index is 0.110. The maximum absolute atomic E-state index is 12.9. The van der Waals surface area contributed by atoms with Crippen molar-refractivity contribution in [2.75, 3.05) is 13.7 Å². The van der Waals surface area contributed by atoms with E-state index in [2.05, 4.69) is 30.4 Å². The second-order valence-electron chi connectivity index (χ2n) is 6.95. The number of methoxy groups -OCH3 is 1. The van der Waals surface area contributed by atoms with E-state index in [1.54, 1.807) is 11.8 Å². The minimum atomic E-state index is -0.110. The zero-order valence-corrected chi connectivity index (χ0v) is 17.0. The zero-order valence-electron chi connectivity index (χ0n) is 17.0. The summed E-state index contributed by atoms with van der Waals surface area (Å²) in [7, 11) is 1.64. The van der Waals surface area contributed by atoms with Crippen LogP contribution < -0.4 is 10.1 Å². The topological polar surface area (TPSA) is 56.1 Å². The standard InChI is InChI=1S/C23H27N3O2/c1-5-6-13-24-23(27)22-15-20(18-9-11-19(28-4)12-10-18)25-26(22)21-14-16(2)7-8-17(21)3/h7-12,14-15H,5-6,13H2,1-4H3,(H,24,27). The smallest absolute Gasteiger partial charge is 0.270 e. The second kappa shape index (κ2) is 8.74. The number of carbonyl (C=O) groups excluding carboxylic acids is 1. The Balaban J connectivity index is 2.06. The molecule has 1 N–H and O–H groups in total. The zero-order chi connectivity index (χ0) is 20.1. The van der Waals surface area contributed by atoms with Crippen LogP contribution in [-0.4, -0.2) is 29.3 Å². The van der Waals surface area contributed by atoms with E-state index < -0.39 is 0 Å². The van der Waals surface area contributed by atoms with Gasteiger partial charge in [0.1, 0.15) is 11.4 Å². The summed E-state index contributed by atoms with van der Waals surface area (Å²) >= 11 is 0. The molecule has 1 aromatic heterocycles. The highest BCUT2D eigenvalue weighted by molar-refractivity contribution is 5.94. The van der Waals surface area contributed by atoms with Crippen molar-refractivity contribution in [1.29, 1.82) is 0 Å². The van der Waals surface area contributed by atoms with Gasteiger partial charge in [0.05, 0.1) is 18.5 Å². The summed E-state index contributed by atoms with van der Waals surface area (Å²) in [5, 5.41) is 7.78. The molecule has 0 aliphatic heterocycles. The Hall–Kier alpha value is -3.08. The lowest BCUT2D eigenvalue weighted by molar-refractivity contribution is 0.0945. The Morgan fingerprint density at radius 2 is 1.86 bits per heavy atom. The number of nitrogens with zero attached hydrogens (tertiary/aromatic N) is 2. The van der Waals surface area contributed by atoms with Crippen LogP contribution in [0.15, 0.2) is 48.5 Å². The van der Waals surface area contributed by atoms with Gasteiger partial charge in [-0.25, -0.2) is 4.68 Å². The van der Waals surface area contributed by atoms with Crippen LogP contribution in [0.2, 0.25) is 0 Å². The molecule has 3 rings (SSSR count). The number of carbonyl (C=O) groups is 1. The molecule has 3 aromatic rings. The Morgan fingerprint density at radius 3 is 2.54 bits per heavy atom. The first-order chi connectivity index (χ1) is 13.5. The third-order valence-electron chi connectivity index (χ3n) is 4.74. The molecule has 28 heavy (non-hydrogen) atoms. The molecule has 146 valence electrons. The molecule has 2 aromatic carbocycles. The quantitative estimate of drug-likeness (QED) is 0.608. The van der Waals surface area contributed by atoms with Crippen molar-refractivity contribution in [3.05, 3.63) is 65.4 Å². The number of rotatable bonds is 7. The maximum atomic E-state index is 12.9. The highest BCUT2D eigenvalue weighted by Gasteiger charge is 2.18. The van der Waals surface area contributed by atoms with E-state index in [-0.39, 0.29) is 5.91 Å². The number of amides is 1. The van der Waals surface area contributed by atoms with Crippen molar-refractivity contribution in [1.82, 2.24) is 15.1 Å². The van der Waals surface area contributed by atoms with Gasteiger partial charge in [0.25, 0.3) is 5.91 Å². The van der Waals surface area contributed by atoms with Crippen LogP contribution in [0.5, 0.6) is 5.75 Å². The second-order valence-corrected chi connectivity index (χ2v) is 6.95. The summed E-state index contributed by atoms with van der Waals surface area (Å²) in [6.45, 7) is 6.83. The van der Waals surface area contributed by atoms with Crippen LogP contribution in [0, 0.1) is 13.8 Å². The molecule has 0 spiro atoms. The van der Waals surface area contributed by atoms with Gasteiger partial charge in [-0.15, -0.1) is 0 Å². The molecule has 5 nitrogen and oxygen atoms in total. The minimum Gasteiger partial charge on any atom is -0.497 e. The van der Waals surface area contributed by atoms with Gasteiger partial charge in [-0.2, -0.15) is 5.10 Å². The Kier molecular flexibility index (Phi) is 6.14. The molecule has 0 fully saturated rings. The maximum Gasteiger partial charge on any atom is 0.270 e. The van der Waals surface area contributed by atoms with Crippen molar-refractivity contribution in [2.24, 2.45) is 0 Å². The summed E-state index contributed by atoms with van der Waals surface area (Å²) < 4.78 is 6.99. The molecular formula is C23H27N3O2. The van der Waals surface area contributed by atoms with Gasteiger partial charge in [0.2, 0.25) is 0 Å². The van der Waals surface area contributed by atoms with Gasteiger partial charge in [-0.05, 0) is 67.8 Å².